The van der Waals surface area contributed by atoms with Crippen molar-refractivity contribution in [1.82, 2.24) is 4.98 Å². The summed E-state index contributed by atoms with van der Waals surface area (Å²) in [6.45, 7) is 0. The number of rotatable bonds is 2. The van der Waals surface area contributed by atoms with Gasteiger partial charge in [-0.1, -0.05) is 18.2 Å². The lowest BCUT2D eigenvalue weighted by Crippen LogP contribution is -2.04. The van der Waals surface area contributed by atoms with E-state index in [1.54, 1.807) is 0 Å². The molecule has 2 rings (SSSR count). The first-order valence-corrected chi connectivity index (χ1v) is 4.43. The predicted molar refractivity (Wildman–Crippen MR) is 54.0 cm³/mol. The third-order valence-corrected chi connectivity index (χ3v) is 2.15. The van der Waals surface area contributed by atoms with Gasteiger partial charge in [0.25, 0.3) is 0 Å². The van der Waals surface area contributed by atoms with Crippen molar-refractivity contribution < 1.29 is 9.53 Å². The molecule has 0 unspecified atom stereocenters. The van der Waals surface area contributed by atoms with Crippen molar-refractivity contribution in [2.24, 2.45) is 0 Å². The molecule has 0 aliphatic rings. The number of para-hydroxylation sites is 1. The molecule has 3 heteroatoms. The van der Waals surface area contributed by atoms with Crippen LogP contribution in [-0.2, 0) is 16.0 Å². The number of hydrogen-bond acceptors (Lipinski definition) is 2. The Morgan fingerprint density at radius 1 is 1.43 bits per heavy atom. The van der Waals surface area contributed by atoms with Crippen molar-refractivity contribution in [1.29, 1.82) is 0 Å². The van der Waals surface area contributed by atoms with Gasteiger partial charge in [-0.15, -0.1) is 0 Å². The molecule has 1 heterocycles. The number of nitrogens with one attached hydrogen (secondary N) is 1. The van der Waals surface area contributed by atoms with Gasteiger partial charge in [-0.2, -0.15) is 0 Å². The number of aromatic nitrogens is 1. The average molecular weight is 189 g/mol. The van der Waals surface area contributed by atoms with Crippen LogP contribution in [0.25, 0.3) is 10.9 Å². The molecule has 72 valence electrons. The van der Waals surface area contributed by atoms with E-state index in [4.69, 9.17) is 0 Å². The number of fused-ring (bicyclic) bond motifs is 1. The summed E-state index contributed by atoms with van der Waals surface area (Å²) in [6, 6.07) is 9.88. The van der Waals surface area contributed by atoms with E-state index < -0.39 is 0 Å². The molecule has 0 radical (unpaired) electrons. The highest BCUT2D eigenvalue weighted by Crippen LogP contribution is 2.14. The SMILES string of the molecule is COC(=O)Cc1cc2ccccc2[nH]1. The number of H-pyrrole nitrogens is 1. The van der Waals surface area contributed by atoms with E-state index in [2.05, 4.69) is 9.72 Å². The first-order valence-electron chi connectivity index (χ1n) is 4.43. The zero-order valence-corrected chi connectivity index (χ0v) is 7.91. The maximum atomic E-state index is 11.0. The van der Waals surface area contributed by atoms with Gasteiger partial charge < -0.3 is 9.72 Å². The fourth-order valence-corrected chi connectivity index (χ4v) is 1.46. The number of benzene rings is 1. The van der Waals surface area contributed by atoms with Crippen LogP contribution in [0.2, 0.25) is 0 Å². The molecule has 0 atom stereocenters. The zero-order chi connectivity index (χ0) is 9.97. The summed E-state index contributed by atoms with van der Waals surface area (Å²) in [7, 11) is 1.39. The van der Waals surface area contributed by atoms with Gasteiger partial charge in [0.05, 0.1) is 13.5 Å². The smallest absolute Gasteiger partial charge is 0.311 e. The van der Waals surface area contributed by atoms with E-state index in [9.17, 15) is 4.79 Å². The van der Waals surface area contributed by atoms with Crippen molar-refractivity contribution in [3.8, 4) is 0 Å². The van der Waals surface area contributed by atoms with E-state index >= 15 is 0 Å². The molecule has 2 aromatic rings. The molecule has 1 N–H and O–H groups in total. The average Bonchev–Trinajstić information content (AvgIpc) is 2.59. The second kappa shape index (κ2) is 3.54. The number of esters is 1. The van der Waals surface area contributed by atoms with Crippen LogP contribution in [-0.4, -0.2) is 18.1 Å². The highest BCUT2D eigenvalue weighted by molar-refractivity contribution is 5.82. The summed E-state index contributed by atoms with van der Waals surface area (Å²) in [5.74, 6) is -0.225. The van der Waals surface area contributed by atoms with E-state index in [1.807, 2.05) is 30.3 Å². The maximum Gasteiger partial charge on any atom is 0.311 e. The lowest BCUT2D eigenvalue weighted by Gasteiger charge is -1.94. The van der Waals surface area contributed by atoms with E-state index in [-0.39, 0.29) is 5.97 Å². The molecule has 0 aliphatic carbocycles. The van der Waals surface area contributed by atoms with Gasteiger partial charge in [0, 0.05) is 11.2 Å². The highest BCUT2D eigenvalue weighted by atomic mass is 16.5. The van der Waals surface area contributed by atoms with Crippen LogP contribution in [0.5, 0.6) is 0 Å². The summed E-state index contributed by atoms with van der Waals surface area (Å²) in [4.78, 5) is 14.2. The molecule has 0 aliphatic heterocycles. The highest BCUT2D eigenvalue weighted by Gasteiger charge is 2.05. The fraction of sp³-hybridized carbons (Fsp3) is 0.182. The van der Waals surface area contributed by atoms with Gasteiger partial charge in [-0.05, 0) is 17.5 Å². The van der Waals surface area contributed by atoms with Gasteiger partial charge in [0.15, 0.2) is 0 Å². The third-order valence-electron chi connectivity index (χ3n) is 2.15. The molecule has 0 saturated heterocycles. The Morgan fingerprint density at radius 3 is 2.93 bits per heavy atom. The summed E-state index contributed by atoms with van der Waals surface area (Å²) < 4.78 is 4.59. The summed E-state index contributed by atoms with van der Waals surface area (Å²) in [6.07, 6.45) is 0.297. The topological polar surface area (TPSA) is 42.1 Å². The van der Waals surface area contributed by atoms with Gasteiger partial charge in [0.2, 0.25) is 0 Å². The normalized spacial score (nSPS) is 10.4. The maximum absolute atomic E-state index is 11.0. The van der Waals surface area contributed by atoms with Crippen LogP contribution in [0, 0.1) is 0 Å². The Hall–Kier alpha value is -1.77. The number of methoxy groups -OCH3 is 1. The fourth-order valence-electron chi connectivity index (χ4n) is 1.46. The number of aromatic amines is 1. The van der Waals surface area contributed by atoms with Gasteiger partial charge in [-0.25, -0.2) is 0 Å². The third kappa shape index (κ3) is 1.62. The van der Waals surface area contributed by atoms with Crippen LogP contribution in [0.3, 0.4) is 0 Å². The molecule has 0 fully saturated rings. The monoisotopic (exact) mass is 189 g/mol. The quantitative estimate of drug-likeness (QED) is 0.733. The Labute approximate surface area is 81.7 Å². The lowest BCUT2D eigenvalue weighted by molar-refractivity contribution is -0.139. The molecule has 0 spiro atoms. The second-order valence-electron chi connectivity index (χ2n) is 3.13. The lowest BCUT2D eigenvalue weighted by atomic mass is 10.2. The molecule has 0 amide bonds. The van der Waals surface area contributed by atoms with Gasteiger partial charge in [-0.3, -0.25) is 4.79 Å². The van der Waals surface area contributed by atoms with E-state index in [0.29, 0.717) is 6.42 Å². The molecular formula is C11H11NO2. The number of ether oxygens (including phenoxy) is 1. The van der Waals surface area contributed by atoms with Crippen LogP contribution in [0.4, 0.5) is 0 Å². The van der Waals surface area contributed by atoms with Gasteiger partial charge >= 0.3 is 5.97 Å². The Bertz CT molecular complexity index is 426. The Balaban J connectivity index is 2.31. The minimum absolute atomic E-state index is 0.225. The van der Waals surface area contributed by atoms with Crippen LogP contribution < -0.4 is 0 Å². The minimum Gasteiger partial charge on any atom is -0.469 e. The molecule has 0 bridgehead atoms. The molecule has 0 saturated carbocycles. The summed E-state index contributed by atoms with van der Waals surface area (Å²) in [5, 5.41) is 1.12. The van der Waals surface area contributed by atoms with Crippen molar-refractivity contribution in [3.63, 3.8) is 0 Å². The van der Waals surface area contributed by atoms with E-state index in [0.717, 1.165) is 16.6 Å². The van der Waals surface area contributed by atoms with Gasteiger partial charge in [0.1, 0.15) is 0 Å². The van der Waals surface area contributed by atoms with Crippen LogP contribution in [0.1, 0.15) is 5.69 Å². The standard InChI is InChI=1S/C11H11NO2/c1-14-11(13)7-9-6-8-4-2-3-5-10(8)12-9/h2-6,12H,7H2,1H3. The van der Waals surface area contributed by atoms with E-state index in [1.165, 1.54) is 7.11 Å². The van der Waals surface area contributed by atoms with Crippen molar-refractivity contribution in [2.75, 3.05) is 7.11 Å². The zero-order valence-electron chi connectivity index (χ0n) is 7.91. The number of hydrogen-bond donors (Lipinski definition) is 1. The van der Waals surface area contributed by atoms with Crippen molar-refractivity contribution in [2.45, 2.75) is 6.42 Å². The van der Waals surface area contributed by atoms with Crippen LogP contribution >= 0.6 is 0 Å². The first kappa shape index (κ1) is 8.81. The molecule has 14 heavy (non-hydrogen) atoms. The first-order chi connectivity index (χ1) is 6.79. The largest absolute Gasteiger partial charge is 0.469 e. The molecule has 1 aromatic carbocycles. The van der Waals surface area contributed by atoms with Crippen LogP contribution in [0.15, 0.2) is 30.3 Å². The van der Waals surface area contributed by atoms with Crippen molar-refractivity contribution in [3.05, 3.63) is 36.0 Å². The molecular weight excluding hydrogens is 178 g/mol. The number of carbonyl (C=O) groups is 1. The Kier molecular flexibility index (Phi) is 2.23. The number of carbonyl (C=O) groups excluding carboxylic acids is 1. The summed E-state index contributed by atoms with van der Waals surface area (Å²) >= 11 is 0. The van der Waals surface area contributed by atoms with Crippen molar-refractivity contribution >= 4 is 16.9 Å². The predicted octanol–water partition coefficient (Wildman–Crippen LogP) is 1.88. The minimum atomic E-state index is -0.225. The molecule has 1 aromatic heterocycles. The molecule has 3 nitrogen and oxygen atoms in total. The summed E-state index contributed by atoms with van der Waals surface area (Å²) in [5.41, 5.74) is 1.93. The second-order valence-corrected chi connectivity index (χ2v) is 3.13. The Morgan fingerprint density at radius 2 is 2.21 bits per heavy atom.